The molecule has 2 aromatic rings. The molecule has 0 spiro atoms. The molecule has 1 atom stereocenters. The smallest absolute Gasteiger partial charge is 0.331 e. The van der Waals surface area contributed by atoms with Gasteiger partial charge in [-0.25, -0.2) is 4.79 Å². The fraction of sp³-hybridized carbons (Fsp3) is 0.158. The number of nitrogens with one attached hydrogen (secondary N) is 1. The van der Waals surface area contributed by atoms with Crippen LogP contribution in [-0.4, -0.2) is 25.1 Å². The zero-order chi connectivity index (χ0) is 20.0. The van der Waals surface area contributed by atoms with Crippen LogP contribution in [0.5, 0.6) is 5.75 Å². The lowest BCUT2D eigenvalue weighted by atomic mass is 10.2. The Hall–Kier alpha value is -2.21. The Morgan fingerprint density at radius 3 is 2.41 bits per heavy atom. The minimum absolute atomic E-state index is 0.376. The third-order valence-electron chi connectivity index (χ3n) is 3.44. The number of ether oxygens (including phenoxy) is 2. The summed E-state index contributed by atoms with van der Waals surface area (Å²) in [5.41, 5.74) is 0.972. The number of hydrogen-bond acceptors (Lipinski definition) is 4. The van der Waals surface area contributed by atoms with Crippen LogP contribution in [0.2, 0.25) is 15.1 Å². The van der Waals surface area contributed by atoms with Crippen molar-refractivity contribution in [3.8, 4) is 5.75 Å². The first-order valence-electron chi connectivity index (χ1n) is 7.78. The normalized spacial score (nSPS) is 11.9. The first kappa shape index (κ1) is 21.1. The van der Waals surface area contributed by atoms with E-state index in [-0.39, 0.29) is 0 Å². The van der Waals surface area contributed by atoms with Gasteiger partial charge < -0.3 is 14.8 Å². The number of carbonyl (C=O) groups is 2. The average Bonchev–Trinajstić information content (AvgIpc) is 2.61. The van der Waals surface area contributed by atoms with E-state index in [0.717, 1.165) is 0 Å². The molecule has 0 fully saturated rings. The van der Waals surface area contributed by atoms with Crippen LogP contribution < -0.4 is 10.1 Å². The van der Waals surface area contributed by atoms with Crippen LogP contribution in [0.3, 0.4) is 0 Å². The maximum Gasteiger partial charge on any atom is 0.331 e. The van der Waals surface area contributed by atoms with Gasteiger partial charge in [-0.15, -0.1) is 0 Å². The number of halogens is 3. The molecule has 27 heavy (non-hydrogen) atoms. The Bertz CT molecular complexity index is 883. The van der Waals surface area contributed by atoms with Crippen LogP contribution in [0.1, 0.15) is 12.5 Å². The fourth-order valence-corrected chi connectivity index (χ4v) is 2.72. The highest BCUT2D eigenvalue weighted by Gasteiger charge is 2.18. The molecule has 1 N–H and O–H groups in total. The molecule has 2 rings (SSSR count). The Morgan fingerprint density at radius 2 is 1.74 bits per heavy atom. The zero-order valence-corrected chi connectivity index (χ0v) is 16.7. The summed E-state index contributed by atoms with van der Waals surface area (Å²) in [4.78, 5) is 24.2. The summed E-state index contributed by atoms with van der Waals surface area (Å²) >= 11 is 17.8. The SMILES string of the molecule is COc1ccc(Cl)cc1NC(=O)C(C)OC(=O)C=Cc1ccc(Cl)cc1Cl. The zero-order valence-electron chi connectivity index (χ0n) is 14.5. The van der Waals surface area contributed by atoms with Gasteiger partial charge in [-0.05, 0) is 48.9 Å². The van der Waals surface area contributed by atoms with Crippen LogP contribution in [0.25, 0.3) is 6.08 Å². The molecule has 0 aromatic heterocycles. The highest BCUT2D eigenvalue weighted by Crippen LogP contribution is 2.28. The van der Waals surface area contributed by atoms with E-state index in [9.17, 15) is 9.59 Å². The molecule has 5 nitrogen and oxygen atoms in total. The molecule has 8 heteroatoms. The molecular formula is C19H16Cl3NO4. The molecule has 0 radical (unpaired) electrons. The minimum atomic E-state index is -1.04. The van der Waals surface area contributed by atoms with E-state index in [4.69, 9.17) is 44.3 Å². The molecule has 142 valence electrons. The number of benzene rings is 2. The Balaban J connectivity index is 1.98. The van der Waals surface area contributed by atoms with Crippen LogP contribution in [0, 0.1) is 0 Å². The standard InChI is InChI=1S/C19H16Cl3NO4/c1-11(19(25)23-16-10-14(21)6-7-17(16)26-2)27-18(24)8-4-12-3-5-13(20)9-15(12)22/h3-11H,1-2H3,(H,23,25). The van der Waals surface area contributed by atoms with E-state index in [0.29, 0.717) is 32.1 Å². The molecule has 0 aliphatic carbocycles. The number of rotatable bonds is 6. The van der Waals surface area contributed by atoms with Crippen molar-refractivity contribution in [2.75, 3.05) is 12.4 Å². The lowest BCUT2D eigenvalue weighted by Crippen LogP contribution is -2.29. The molecule has 0 saturated heterocycles. The highest BCUT2D eigenvalue weighted by molar-refractivity contribution is 6.35. The second-order valence-corrected chi connectivity index (χ2v) is 6.69. The second kappa shape index (κ2) is 9.65. The Labute approximate surface area is 171 Å². The third kappa shape index (κ3) is 6.17. The van der Waals surface area contributed by atoms with E-state index < -0.39 is 18.0 Å². The van der Waals surface area contributed by atoms with Gasteiger partial charge in [-0.3, -0.25) is 4.79 Å². The van der Waals surface area contributed by atoms with Crippen LogP contribution in [-0.2, 0) is 14.3 Å². The lowest BCUT2D eigenvalue weighted by Gasteiger charge is -2.14. The maximum absolute atomic E-state index is 12.2. The topological polar surface area (TPSA) is 64.6 Å². The van der Waals surface area contributed by atoms with Crippen LogP contribution in [0.15, 0.2) is 42.5 Å². The van der Waals surface area contributed by atoms with Crippen molar-refractivity contribution in [1.82, 2.24) is 0 Å². The number of amides is 1. The molecule has 0 heterocycles. The molecule has 1 amide bonds. The van der Waals surface area contributed by atoms with Gasteiger partial charge in [0.05, 0.1) is 12.8 Å². The quantitative estimate of drug-likeness (QED) is 0.505. The van der Waals surface area contributed by atoms with Crippen LogP contribution in [0.4, 0.5) is 5.69 Å². The summed E-state index contributed by atoms with van der Waals surface area (Å²) in [7, 11) is 1.47. The molecule has 0 bridgehead atoms. The van der Waals surface area contributed by atoms with Gasteiger partial charge in [0, 0.05) is 21.1 Å². The van der Waals surface area contributed by atoms with Gasteiger partial charge in [-0.1, -0.05) is 40.9 Å². The van der Waals surface area contributed by atoms with Crippen molar-refractivity contribution in [3.05, 3.63) is 63.1 Å². The minimum Gasteiger partial charge on any atom is -0.495 e. The Kier molecular flexibility index (Phi) is 7.54. The molecule has 2 aromatic carbocycles. The van der Waals surface area contributed by atoms with Crippen molar-refractivity contribution >= 4 is 58.4 Å². The van der Waals surface area contributed by atoms with E-state index in [1.807, 2.05) is 0 Å². The van der Waals surface area contributed by atoms with E-state index in [1.54, 1.807) is 30.3 Å². The van der Waals surface area contributed by atoms with Crippen molar-refractivity contribution in [3.63, 3.8) is 0 Å². The summed E-state index contributed by atoms with van der Waals surface area (Å²) in [6.07, 6.45) is 1.62. The van der Waals surface area contributed by atoms with Gasteiger partial charge in [0.1, 0.15) is 5.75 Å². The summed E-state index contributed by atoms with van der Waals surface area (Å²) < 4.78 is 10.2. The predicted molar refractivity (Wildman–Crippen MR) is 108 cm³/mol. The highest BCUT2D eigenvalue weighted by atomic mass is 35.5. The number of carbonyl (C=O) groups excluding carboxylic acids is 2. The first-order valence-corrected chi connectivity index (χ1v) is 8.91. The van der Waals surface area contributed by atoms with Crippen LogP contribution >= 0.6 is 34.8 Å². The van der Waals surface area contributed by atoms with Gasteiger partial charge >= 0.3 is 5.97 Å². The molecular weight excluding hydrogens is 413 g/mol. The number of hydrogen-bond donors (Lipinski definition) is 1. The maximum atomic E-state index is 12.2. The van der Waals surface area contributed by atoms with Gasteiger partial charge in [0.2, 0.25) is 0 Å². The lowest BCUT2D eigenvalue weighted by molar-refractivity contribution is -0.148. The van der Waals surface area contributed by atoms with E-state index in [2.05, 4.69) is 5.32 Å². The van der Waals surface area contributed by atoms with Crippen molar-refractivity contribution in [1.29, 1.82) is 0 Å². The second-order valence-electron chi connectivity index (χ2n) is 5.41. The molecule has 1 unspecified atom stereocenters. The summed E-state index contributed by atoms with van der Waals surface area (Å²) in [6.45, 7) is 1.45. The number of esters is 1. The van der Waals surface area contributed by atoms with Gasteiger partial charge in [0.15, 0.2) is 6.10 Å². The first-order chi connectivity index (χ1) is 12.8. The predicted octanol–water partition coefficient (Wildman–Crippen LogP) is 5.24. The summed E-state index contributed by atoms with van der Waals surface area (Å²) in [5, 5.41) is 3.92. The summed E-state index contributed by atoms with van der Waals surface area (Å²) in [6, 6.07) is 9.65. The number of anilines is 1. The molecule has 0 saturated carbocycles. The monoisotopic (exact) mass is 427 g/mol. The van der Waals surface area contributed by atoms with Gasteiger partial charge in [-0.2, -0.15) is 0 Å². The third-order valence-corrected chi connectivity index (χ3v) is 4.24. The number of methoxy groups -OCH3 is 1. The van der Waals surface area contributed by atoms with Crippen molar-refractivity contribution in [2.45, 2.75) is 13.0 Å². The molecule has 0 aliphatic heterocycles. The largest absolute Gasteiger partial charge is 0.495 e. The van der Waals surface area contributed by atoms with Crippen molar-refractivity contribution < 1.29 is 19.1 Å². The average molecular weight is 429 g/mol. The van der Waals surface area contributed by atoms with E-state index in [1.165, 1.54) is 32.3 Å². The van der Waals surface area contributed by atoms with Gasteiger partial charge in [0.25, 0.3) is 5.91 Å². The fourth-order valence-electron chi connectivity index (χ4n) is 2.07. The molecule has 0 aliphatic rings. The Morgan fingerprint density at radius 1 is 1.07 bits per heavy atom. The van der Waals surface area contributed by atoms with E-state index >= 15 is 0 Å². The van der Waals surface area contributed by atoms with Crippen molar-refractivity contribution in [2.24, 2.45) is 0 Å². The summed E-state index contributed by atoms with van der Waals surface area (Å²) in [5.74, 6) is -0.785.